The van der Waals surface area contributed by atoms with Crippen LogP contribution in [0.5, 0.6) is 17.2 Å². The molecule has 0 aliphatic rings. The van der Waals surface area contributed by atoms with Crippen molar-refractivity contribution in [3.8, 4) is 17.2 Å². The molecule has 0 aromatic heterocycles. The zero-order valence-electron chi connectivity index (χ0n) is 23.8. The van der Waals surface area contributed by atoms with Gasteiger partial charge in [-0.3, -0.25) is 14.4 Å². The highest BCUT2D eigenvalue weighted by Gasteiger charge is 2.25. The quantitative estimate of drug-likeness (QED) is 0.107. The molecule has 0 atom stereocenters. The van der Waals surface area contributed by atoms with Gasteiger partial charge in [-0.05, 0) is 109 Å². The third-order valence-corrected chi connectivity index (χ3v) is 5.42. The average Bonchev–Trinajstić information content (AvgIpc) is 2.84. The van der Waals surface area contributed by atoms with Gasteiger partial charge in [-0.2, -0.15) is 0 Å². The lowest BCUT2D eigenvalue weighted by atomic mass is 9.97. The summed E-state index contributed by atoms with van der Waals surface area (Å²) in [6, 6.07) is 10.1. The summed E-state index contributed by atoms with van der Waals surface area (Å²) in [6.45, 7) is 15.2. The molecule has 0 saturated carbocycles. The molecule has 2 rings (SSSR count). The molecule has 204 valence electrons. The van der Waals surface area contributed by atoms with Gasteiger partial charge in [-0.1, -0.05) is 19.1 Å². The molecule has 0 fully saturated rings. The van der Waals surface area contributed by atoms with Crippen molar-refractivity contribution in [2.45, 2.75) is 68.2 Å². The van der Waals surface area contributed by atoms with E-state index in [1.165, 1.54) is 6.08 Å². The van der Waals surface area contributed by atoms with Crippen LogP contribution in [0, 0.1) is 10.8 Å². The summed E-state index contributed by atoms with van der Waals surface area (Å²) in [6.07, 6.45) is 8.44. The van der Waals surface area contributed by atoms with Crippen molar-refractivity contribution in [3.63, 3.8) is 0 Å². The van der Waals surface area contributed by atoms with Gasteiger partial charge in [0.05, 0.1) is 17.4 Å². The van der Waals surface area contributed by atoms with Crippen LogP contribution in [0.15, 0.2) is 54.6 Å². The van der Waals surface area contributed by atoms with Crippen molar-refractivity contribution < 1.29 is 28.6 Å². The summed E-state index contributed by atoms with van der Waals surface area (Å²) in [4.78, 5) is 37.6. The summed E-state index contributed by atoms with van der Waals surface area (Å²) in [7, 11) is 0. The Labute approximate surface area is 226 Å². The maximum atomic E-state index is 12.9. The van der Waals surface area contributed by atoms with E-state index in [1.54, 1.807) is 78.0 Å². The monoisotopic (exact) mass is 520 g/mol. The van der Waals surface area contributed by atoms with Gasteiger partial charge in [-0.25, -0.2) is 0 Å². The summed E-state index contributed by atoms with van der Waals surface area (Å²) < 4.78 is 17.1. The molecule has 0 amide bonds. The lowest BCUT2D eigenvalue weighted by Crippen LogP contribution is -2.26. The second-order valence-electron chi connectivity index (χ2n) is 11.1. The number of allylic oxidation sites excluding steroid dienone is 3. The number of esters is 2. The third-order valence-electron chi connectivity index (χ3n) is 5.42. The first-order valence-electron chi connectivity index (χ1n) is 12.9. The number of benzene rings is 2. The van der Waals surface area contributed by atoms with E-state index in [-0.39, 0.29) is 17.7 Å². The molecule has 2 aromatic rings. The highest BCUT2D eigenvalue weighted by Crippen LogP contribution is 2.33. The standard InChI is InChI=1S/C32H40O6/c1-9-11-12-23-20-24(27(36-19-10-2)21-28(23)38-30(35)32(6,7)8)15-18-26(33)22-13-16-25(17-14-22)37-29(34)31(3,4)5/h9,11,13-18,20-21H,10,12,19H2,1-8H3. The molecule has 0 aliphatic carbocycles. The second-order valence-corrected chi connectivity index (χ2v) is 11.1. The minimum Gasteiger partial charge on any atom is -0.493 e. The fraction of sp³-hybridized carbons (Fsp3) is 0.406. The number of rotatable bonds is 10. The van der Waals surface area contributed by atoms with Gasteiger partial charge in [0.2, 0.25) is 0 Å². The molecule has 0 N–H and O–H groups in total. The fourth-order valence-corrected chi connectivity index (χ4v) is 3.05. The number of carbonyl (C=O) groups excluding carboxylic acids is 3. The van der Waals surface area contributed by atoms with E-state index < -0.39 is 10.8 Å². The first kappa shape index (κ1) is 30.6. The molecule has 0 bridgehead atoms. The fourth-order valence-electron chi connectivity index (χ4n) is 3.05. The van der Waals surface area contributed by atoms with Crippen molar-refractivity contribution in [1.29, 1.82) is 0 Å². The van der Waals surface area contributed by atoms with Gasteiger partial charge in [0.25, 0.3) is 0 Å². The lowest BCUT2D eigenvalue weighted by Gasteiger charge is -2.19. The van der Waals surface area contributed by atoms with Crippen LogP contribution in [-0.4, -0.2) is 24.3 Å². The summed E-state index contributed by atoms with van der Waals surface area (Å²) >= 11 is 0. The molecule has 0 spiro atoms. The first-order valence-corrected chi connectivity index (χ1v) is 12.9. The number of ketones is 1. The molecule has 0 aliphatic heterocycles. The topological polar surface area (TPSA) is 78.9 Å². The molecular formula is C32H40O6. The SMILES string of the molecule is CC=CCc1cc(C=CC(=O)c2ccc(OC(=O)C(C)(C)C)cc2)c(OCCC)cc1OC(=O)C(C)(C)C. The molecule has 2 aromatic carbocycles. The number of ether oxygens (including phenoxy) is 3. The first-order chi connectivity index (χ1) is 17.8. The number of carbonyl (C=O) groups is 3. The molecule has 0 saturated heterocycles. The van der Waals surface area contributed by atoms with Crippen molar-refractivity contribution in [3.05, 3.63) is 71.3 Å². The van der Waals surface area contributed by atoms with Crippen molar-refractivity contribution in [1.82, 2.24) is 0 Å². The van der Waals surface area contributed by atoms with E-state index in [0.29, 0.717) is 41.4 Å². The smallest absolute Gasteiger partial charge is 0.316 e. The maximum Gasteiger partial charge on any atom is 0.316 e. The number of hydrogen-bond donors (Lipinski definition) is 0. The van der Waals surface area contributed by atoms with E-state index >= 15 is 0 Å². The molecule has 6 nitrogen and oxygen atoms in total. The van der Waals surface area contributed by atoms with Gasteiger partial charge in [0.1, 0.15) is 17.2 Å². The largest absolute Gasteiger partial charge is 0.493 e. The van der Waals surface area contributed by atoms with Crippen LogP contribution in [-0.2, 0) is 16.0 Å². The lowest BCUT2D eigenvalue weighted by molar-refractivity contribution is -0.143. The Balaban J connectivity index is 2.36. The normalized spacial score (nSPS) is 12.1. The summed E-state index contributed by atoms with van der Waals surface area (Å²) in [5.74, 6) is 0.463. The zero-order valence-corrected chi connectivity index (χ0v) is 23.8. The van der Waals surface area contributed by atoms with Gasteiger partial charge < -0.3 is 14.2 Å². The van der Waals surface area contributed by atoms with Crippen LogP contribution in [0.4, 0.5) is 0 Å². The number of hydrogen-bond acceptors (Lipinski definition) is 6. The summed E-state index contributed by atoms with van der Waals surface area (Å²) in [5.41, 5.74) is 0.687. The molecule has 0 unspecified atom stereocenters. The van der Waals surface area contributed by atoms with Gasteiger partial charge >= 0.3 is 11.9 Å². The van der Waals surface area contributed by atoms with E-state index in [0.717, 1.165) is 12.0 Å². The van der Waals surface area contributed by atoms with Crippen molar-refractivity contribution >= 4 is 23.8 Å². The molecule has 0 radical (unpaired) electrons. The Morgan fingerprint density at radius 1 is 0.842 bits per heavy atom. The molecule has 38 heavy (non-hydrogen) atoms. The average molecular weight is 521 g/mol. The Hall–Kier alpha value is -3.67. The summed E-state index contributed by atoms with van der Waals surface area (Å²) in [5, 5.41) is 0. The zero-order chi connectivity index (χ0) is 28.5. The predicted octanol–water partition coefficient (Wildman–Crippen LogP) is 7.39. The van der Waals surface area contributed by atoms with Gasteiger partial charge in [-0.15, -0.1) is 0 Å². The molecule has 0 heterocycles. The van der Waals surface area contributed by atoms with Crippen LogP contribution in [0.3, 0.4) is 0 Å². The van der Waals surface area contributed by atoms with Crippen LogP contribution >= 0.6 is 0 Å². The van der Waals surface area contributed by atoms with Gasteiger partial charge in [0.15, 0.2) is 5.78 Å². The Bertz CT molecular complexity index is 1190. The highest BCUT2D eigenvalue weighted by atomic mass is 16.5. The van der Waals surface area contributed by atoms with Crippen molar-refractivity contribution in [2.24, 2.45) is 10.8 Å². The van der Waals surface area contributed by atoms with Crippen LogP contribution in [0.1, 0.15) is 83.3 Å². The van der Waals surface area contributed by atoms with Gasteiger partial charge in [0, 0.05) is 17.2 Å². The minimum absolute atomic E-state index is 0.210. The van der Waals surface area contributed by atoms with Crippen molar-refractivity contribution in [2.75, 3.05) is 6.61 Å². The second kappa shape index (κ2) is 13.2. The van der Waals surface area contributed by atoms with Crippen LogP contribution < -0.4 is 14.2 Å². The molecule has 6 heteroatoms. The maximum absolute atomic E-state index is 12.9. The van der Waals surface area contributed by atoms with E-state index in [9.17, 15) is 14.4 Å². The predicted molar refractivity (Wildman–Crippen MR) is 151 cm³/mol. The van der Waals surface area contributed by atoms with E-state index in [4.69, 9.17) is 14.2 Å². The highest BCUT2D eigenvalue weighted by molar-refractivity contribution is 6.07. The van der Waals surface area contributed by atoms with Crippen LogP contribution in [0.2, 0.25) is 0 Å². The van der Waals surface area contributed by atoms with E-state index in [1.807, 2.05) is 32.1 Å². The molecular weight excluding hydrogens is 480 g/mol. The minimum atomic E-state index is -0.659. The van der Waals surface area contributed by atoms with Crippen LogP contribution in [0.25, 0.3) is 6.08 Å². The Kier molecular flexibility index (Phi) is 10.6. The Morgan fingerprint density at radius 3 is 2.00 bits per heavy atom. The third kappa shape index (κ3) is 9.02. The Morgan fingerprint density at radius 2 is 1.45 bits per heavy atom. The van der Waals surface area contributed by atoms with E-state index in [2.05, 4.69) is 0 Å².